The molecule has 2 atom stereocenters. The lowest BCUT2D eigenvalue weighted by atomic mass is 10.1. The number of ether oxygens (including phenoxy) is 1. The Morgan fingerprint density at radius 2 is 2.32 bits per heavy atom. The van der Waals surface area contributed by atoms with Crippen LogP contribution in [-0.4, -0.2) is 59.1 Å². The summed E-state index contributed by atoms with van der Waals surface area (Å²) in [5, 5.41) is 0.417. The maximum Gasteiger partial charge on any atom is 0.262 e. The molecule has 0 bridgehead atoms. The molecular formula is C14H23N3O3S2. The van der Waals surface area contributed by atoms with Gasteiger partial charge in [-0.2, -0.15) is 16.1 Å². The van der Waals surface area contributed by atoms with Gasteiger partial charge in [-0.15, -0.1) is 0 Å². The molecule has 0 N–H and O–H groups in total. The molecule has 0 radical (unpaired) electrons. The van der Waals surface area contributed by atoms with Gasteiger partial charge in [-0.3, -0.25) is 0 Å². The fourth-order valence-corrected chi connectivity index (χ4v) is 6.19. The fourth-order valence-electron chi connectivity index (χ4n) is 3.06. The number of hydrogen-bond donors (Lipinski definition) is 0. The minimum atomic E-state index is -3.51. The van der Waals surface area contributed by atoms with Crippen LogP contribution >= 0.6 is 11.8 Å². The van der Waals surface area contributed by atoms with Crippen molar-refractivity contribution in [2.24, 2.45) is 5.92 Å². The van der Waals surface area contributed by atoms with Crippen LogP contribution in [0.25, 0.3) is 0 Å². The summed E-state index contributed by atoms with van der Waals surface area (Å²) in [6.07, 6.45) is 4.04. The number of nitrogens with zero attached hydrogens (tertiary/aromatic N) is 3. The maximum atomic E-state index is 12.9. The quantitative estimate of drug-likeness (QED) is 0.826. The number of thioether (sulfide) groups is 1. The Kier molecular flexibility index (Phi) is 4.82. The third-order valence-corrected chi connectivity index (χ3v) is 7.15. The predicted octanol–water partition coefficient (Wildman–Crippen LogP) is 1.43. The van der Waals surface area contributed by atoms with E-state index in [2.05, 4.69) is 18.8 Å². The second-order valence-electron chi connectivity index (χ2n) is 6.26. The van der Waals surface area contributed by atoms with Gasteiger partial charge in [-0.05, 0) is 12.3 Å². The molecule has 0 aromatic carbocycles. The molecule has 6 nitrogen and oxygen atoms in total. The van der Waals surface area contributed by atoms with Crippen molar-refractivity contribution in [1.82, 2.24) is 13.9 Å². The molecule has 1 aromatic rings. The van der Waals surface area contributed by atoms with Crippen molar-refractivity contribution in [3.63, 3.8) is 0 Å². The van der Waals surface area contributed by atoms with Gasteiger partial charge >= 0.3 is 0 Å². The summed E-state index contributed by atoms with van der Waals surface area (Å²) in [5.41, 5.74) is 0. The molecular weight excluding hydrogens is 322 g/mol. The SMILES string of the molecule is CC(C)Cn1cnc(S(=O)(=O)N2CCS[C@H]3COCC[C@@H]32)c1. The number of fused-ring (bicyclic) bond motifs is 1. The normalized spacial score (nSPS) is 27.0. The summed E-state index contributed by atoms with van der Waals surface area (Å²) in [7, 11) is -3.51. The molecule has 2 fully saturated rings. The van der Waals surface area contributed by atoms with Gasteiger partial charge < -0.3 is 9.30 Å². The predicted molar refractivity (Wildman–Crippen MR) is 86.4 cm³/mol. The van der Waals surface area contributed by atoms with Gasteiger partial charge in [0.2, 0.25) is 0 Å². The lowest BCUT2D eigenvalue weighted by Gasteiger charge is -2.41. The van der Waals surface area contributed by atoms with Gasteiger partial charge in [0.25, 0.3) is 10.0 Å². The van der Waals surface area contributed by atoms with E-state index in [1.165, 1.54) is 0 Å². The van der Waals surface area contributed by atoms with E-state index >= 15 is 0 Å². The molecule has 22 heavy (non-hydrogen) atoms. The van der Waals surface area contributed by atoms with E-state index in [4.69, 9.17) is 4.74 Å². The van der Waals surface area contributed by atoms with Crippen molar-refractivity contribution in [3.05, 3.63) is 12.5 Å². The first-order valence-electron chi connectivity index (χ1n) is 7.71. The Balaban J connectivity index is 1.83. The highest BCUT2D eigenvalue weighted by Gasteiger charge is 2.41. The van der Waals surface area contributed by atoms with Gasteiger partial charge in [0.1, 0.15) is 0 Å². The van der Waals surface area contributed by atoms with Crippen molar-refractivity contribution in [1.29, 1.82) is 0 Å². The van der Waals surface area contributed by atoms with Gasteiger partial charge in [0, 0.05) is 42.9 Å². The number of aromatic nitrogens is 2. The molecule has 2 aliphatic rings. The van der Waals surface area contributed by atoms with Crippen molar-refractivity contribution in [2.45, 2.75) is 43.1 Å². The molecule has 0 unspecified atom stereocenters. The topological polar surface area (TPSA) is 64.4 Å². The van der Waals surface area contributed by atoms with Crippen LogP contribution in [0.1, 0.15) is 20.3 Å². The Hall–Kier alpha value is -0.570. The van der Waals surface area contributed by atoms with Crippen molar-refractivity contribution in [3.8, 4) is 0 Å². The monoisotopic (exact) mass is 345 g/mol. The van der Waals surface area contributed by atoms with E-state index in [0.717, 1.165) is 18.7 Å². The van der Waals surface area contributed by atoms with Crippen molar-refractivity contribution >= 4 is 21.8 Å². The summed E-state index contributed by atoms with van der Waals surface area (Å²) >= 11 is 1.82. The third kappa shape index (κ3) is 3.20. The first-order valence-corrected chi connectivity index (χ1v) is 10.2. The van der Waals surface area contributed by atoms with Crippen LogP contribution in [0.5, 0.6) is 0 Å². The second kappa shape index (κ2) is 6.51. The molecule has 8 heteroatoms. The second-order valence-corrected chi connectivity index (χ2v) is 9.44. The summed E-state index contributed by atoms with van der Waals surface area (Å²) in [6, 6.07) is 0.0350. The van der Waals surface area contributed by atoms with Crippen LogP contribution < -0.4 is 0 Å². The van der Waals surface area contributed by atoms with E-state index in [-0.39, 0.29) is 16.3 Å². The Bertz CT molecular complexity index is 613. The van der Waals surface area contributed by atoms with Gasteiger partial charge in [0.05, 0.1) is 12.9 Å². The molecule has 3 heterocycles. The first kappa shape index (κ1) is 16.3. The van der Waals surface area contributed by atoms with Crippen LogP contribution in [0.15, 0.2) is 17.6 Å². The van der Waals surface area contributed by atoms with Crippen LogP contribution in [0.3, 0.4) is 0 Å². The summed E-state index contributed by atoms with van der Waals surface area (Å²) in [4.78, 5) is 4.15. The summed E-state index contributed by atoms with van der Waals surface area (Å²) in [6.45, 7) is 6.81. The number of sulfonamides is 1. The molecule has 0 spiro atoms. The van der Waals surface area contributed by atoms with Crippen LogP contribution in [0, 0.1) is 5.92 Å². The maximum absolute atomic E-state index is 12.9. The van der Waals surface area contributed by atoms with Gasteiger partial charge in [0.15, 0.2) is 5.03 Å². The van der Waals surface area contributed by atoms with Gasteiger partial charge in [-0.25, -0.2) is 13.4 Å². The fraction of sp³-hybridized carbons (Fsp3) is 0.786. The minimum absolute atomic E-state index is 0.0350. The smallest absolute Gasteiger partial charge is 0.262 e. The zero-order valence-corrected chi connectivity index (χ0v) is 14.6. The lowest BCUT2D eigenvalue weighted by Crippen LogP contribution is -2.54. The lowest BCUT2D eigenvalue weighted by molar-refractivity contribution is 0.0624. The van der Waals surface area contributed by atoms with Crippen LogP contribution in [0.2, 0.25) is 0 Å². The highest BCUT2D eigenvalue weighted by Crippen LogP contribution is 2.33. The van der Waals surface area contributed by atoms with Crippen LogP contribution in [0.4, 0.5) is 0 Å². The molecule has 2 aliphatic heterocycles. The highest BCUT2D eigenvalue weighted by molar-refractivity contribution is 8.00. The van der Waals surface area contributed by atoms with E-state index in [1.807, 2.05) is 16.3 Å². The van der Waals surface area contributed by atoms with Crippen molar-refractivity contribution in [2.75, 3.05) is 25.5 Å². The molecule has 124 valence electrons. The molecule has 0 amide bonds. The Morgan fingerprint density at radius 3 is 3.09 bits per heavy atom. The van der Waals surface area contributed by atoms with E-state index < -0.39 is 10.0 Å². The summed E-state index contributed by atoms with van der Waals surface area (Å²) < 4.78 is 34.9. The summed E-state index contributed by atoms with van der Waals surface area (Å²) in [5.74, 6) is 1.27. The zero-order chi connectivity index (χ0) is 15.7. The minimum Gasteiger partial charge on any atom is -0.380 e. The first-order chi connectivity index (χ1) is 10.5. The average Bonchev–Trinajstić information content (AvgIpc) is 2.95. The molecule has 0 aliphatic carbocycles. The largest absolute Gasteiger partial charge is 0.380 e. The molecule has 2 saturated heterocycles. The Morgan fingerprint density at radius 1 is 1.50 bits per heavy atom. The average molecular weight is 345 g/mol. The molecule has 1 aromatic heterocycles. The van der Waals surface area contributed by atoms with E-state index in [9.17, 15) is 8.42 Å². The van der Waals surface area contributed by atoms with E-state index in [1.54, 1.807) is 16.8 Å². The molecule has 3 rings (SSSR count). The third-order valence-electron chi connectivity index (χ3n) is 4.04. The zero-order valence-electron chi connectivity index (χ0n) is 13.0. The van der Waals surface area contributed by atoms with Crippen LogP contribution in [-0.2, 0) is 21.3 Å². The Labute approximate surface area is 136 Å². The standard InChI is InChI=1S/C14H23N3O3S2/c1-11(2)7-16-8-14(15-10-16)22(18,19)17-4-6-21-13-9-20-5-3-12(13)17/h8,10-13H,3-7,9H2,1-2H3/t12-,13-/m0/s1. The van der Waals surface area contributed by atoms with Gasteiger partial charge in [-0.1, -0.05) is 13.8 Å². The highest BCUT2D eigenvalue weighted by atomic mass is 32.2. The molecule has 0 saturated carbocycles. The number of hydrogen-bond acceptors (Lipinski definition) is 5. The number of rotatable bonds is 4. The van der Waals surface area contributed by atoms with E-state index in [0.29, 0.717) is 25.7 Å². The number of imidazole rings is 1. The van der Waals surface area contributed by atoms with Crippen molar-refractivity contribution < 1.29 is 13.2 Å².